The van der Waals surface area contributed by atoms with Gasteiger partial charge < -0.3 is 0 Å². The lowest BCUT2D eigenvalue weighted by molar-refractivity contribution is -0.123. The molecular formula is C11H22F3O4S2+. The van der Waals surface area contributed by atoms with Gasteiger partial charge in [-0.15, -0.1) is 8.42 Å². The summed E-state index contributed by atoms with van der Waals surface area (Å²) in [6.07, 6.45) is 0. The number of alkyl halides is 3. The first kappa shape index (κ1) is 19.7. The summed E-state index contributed by atoms with van der Waals surface area (Å²) < 4.78 is 62.9. The summed E-state index contributed by atoms with van der Waals surface area (Å²) >= 11 is 0. The first-order valence-corrected chi connectivity index (χ1v) is 9.59. The summed E-state index contributed by atoms with van der Waals surface area (Å²) in [5.74, 6) is -0.266. The second kappa shape index (κ2) is 6.23. The number of hydrogen-bond donors (Lipinski definition) is 0. The van der Waals surface area contributed by atoms with E-state index < -0.39 is 31.4 Å². The molecule has 0 spiro atoms. The van der Waals surface area contributed by atoms with E-state index in [2.05, 4.69) is 3.63 Å². The molecule has 0 saturated carbocycles. The van der Waals surface area contributed by atoms with Crippen LogP contribution in [0.5, 0.6) is 0 Å². The van der Waals surface area contributed by atoms with Crippen molar-refractivity contribution < 1.29 is 30.0 Å². The molecule has 1 N–H and O–H groups in total. The van der Waals surface area contributed by atoms with E-state index in [1.54, 1.807) is 34.6 Å². The Hall–Kier alpha value is -0.280. The van der Waals surface area contributed by atoms with Crippen LogP contribution in [0.1, 0.15) is 34.6 Å². The molecule has 0 aliphatic carbocycles. The zero-order valence-corrected chi connectivity index (χ0v) is 13.9. The van der Waals surface area contributed by atoms with Crippen LogP contribution >= 0.6 is 10.3 Å². The maximum absolute atomic E-state index is 12.5. The van der Waals surface area contributed by atoms with Crippen molar-refractivity contribution in [3.05, 3.63) is 0 Å². The van der Waals surface area contributed by atoms with E-state index in [0.717, 1.165) is 0 Å². The largest absolute Gasteiger partial charge is 0.572 e. The molecule has 0 bridgehead atoms. The van der Waals surface area contributed by atoms with E-state index in [-0.39, 0.29) is 23.0 Å². The third kappa shape index (κ3) is 4.92. The lowest BCUT2D eigenvalue weighted by Crippen LogP contribution is -2.36. The van der Waals surface area contributed by atoms with E-state index in [0.29, 0.717) is 0 Å². The van der Waals surface area contributed by atoms with Crippen LogP contribution in [-0.2, 0) is 14.9 Å². The first-order valence-electron chi connectivity index (χ1n) is 6.06. The maximum atomic E-state index is 12.5. The highest BCUT2D eigenvalue weighted by atomic mass is 32.3. The average molecular weight is 339 g/mol. The van der Waals surface area contributed by atoms with Gasteiger partial charge >= 0.3 is 15.6 Å². The Morgan fingerprint density at radius 3 is 1.70 bits per heavy atom. The second-order valence-corrected chi connectivity index (χ2v) is 10.8. The fourth-order valence-electron chi connectivity index (χ4n) is 1.25. The van der Waals surface area contributed by atoms with Gasteiger partial charge in [0, 0.05) is 16.9 Å². The van der Waals surface area contributed by atoms with Gasteiger partial charge in [-0.25, -0.2) is 0 Å². The molecule has 9 heteroatoms. The van der Waals surface area contributed by atoms with Crippen molar-refractivity contribution in [2.24, 2.45) is 5.41 Å². The number of rotatable bonds is 6. The molecule has 0 fully saturated rings. The summed E-state index contributed by atoms with van der Waals surface area (Å²) in [6, 6.07) is 0. The molecule has 122 valence electrons. The van der Waals surface area contributed by atoms with Gasteiger partial charge in [-0.2, -0.15) is 13.2 Å². The third-order valence-electron chi connectivity index (χ3n) is 2.86. The van der Waals surface area contributed by atoms with Gasteiger partial charge in [0.1, 0.15) is 0 Å². The third-order valence-corrected chi connectivity index (χ3v) is 8.44. The number of carbonyl (C=O) groups excluding carboxylic acids is 1. The monoisotopic (exact) mass is 339 g/mol. The zero-order valence-electron chi connectivity index (χ0n) is 12.2. The van der Waals surface area contributed by atoms with Crippen LogP contribution < -0.4 is 0 Å². The van der Waals surface area contributed by atoms with Crippen LogP contribution in [0.3, 0.4) is 0 Å². The Kier molecular flexibility index (Phi) is 6.14. The first-order chi connectivity index (χ1) is 8.71. The van der Waals surface area contributed by atoms with E-state index >= 15 is 0 Å². The van der Waals surface area contributed by atoms with Gasteiger partial charge in [-0.3, -0.25) is 8.42 Å². The molecule has 4 nitrogen and oxygen atoms in total. The Labute approximate surface area is 119 Å². The number of carbonyl (C=O) groups is 1. The normalized spacial score (nSPS) is 15.2. The molecule has 0 saturated heterocycles. The van der Waals surface area contributed by atoms with Crippen LogP contribution in [0.4, 0.5) is 13.2 Å². The van der Waals surface area contributed by atoms with Gasteiger partial charge in [0.15, 0.2) is 5.78 Å². The number of Topliss-reactive ketones (excluding diaryl/α,β-unsaturated/α-hetero) is 1. The Morgan fingerprint density at radius 1 is 1.05 bits per heavy atom. The molecule has 0 atom stereocenters. The molecule has 0 amide bonds. The number of ketones is 1. The van der Waals surface area contributed by atoms with Crippen molar-refractivity contribution in [3.8, 4) is 0 Å². The summed E-state index contributed by atoms with van der Waals surface area (Å²) in [7, 11) is -8.09. The van der Waals surface area contributed by atoms with Gasteiger partial charge in [0.25, 0.3) is 0 Å². The van der Waals surface area contributed by atoms with Crippen molar-refractivity contribution >= 4 is 26.2 Å². The van der Waals surface area contributed by atoms with Crippen LogP contribution in [0.15, 0.2) is 0 Å². The summed E-state index contributed by atoms with van der Waals surface area (Å²) in [5, 5.41) is 0. The van der Waals surface area contributed by atoms with E-state index in [4.69, 9.17) is 0 Å². The quantitative estimate of drug-likeness (QED) is 0.424. The average Bonchev–Trinajstić information content (AvgIpc) is 2.24. The lowest BCUT2D eigenvalue weighted by atomic mass is 9.92. The van der Waals surface area contributed by atoms with E-state index in [1.165, 1.54) is 0 Å². The Bertz CT molecular complexity index is 445. The maximum Gasteiger partial charge on any atom is 0.572 e. The van der Waals surface area contributed by atoms with Gasteiger partial charge in [0.05, 0.1) is 5.75 Å². The summed E-state index contributed by atoms with van der Waals surface area (Å²) in [5.41, 5.74) is -6.15. The van der Waals surface area contributed by atoms with E-state index in [1.807, 2.05) is 0 Å². The molecule has 20 heavy (non-hydrogen) atoms. The smallest absolute Gasteiger partial charge is 0.298 e. The molecule has 0 aliphatic heterocycles. The molecule has 0 radical (unpaired) electrons. The lowest BCUT2D eigenvalue weighted by Gasteiger charge is -2.33. The Morgan fingerprint density at radius 2 is 1.45 bits per heavy atom. The molecule has 0 rings (SSSR count). The highest BCUT2D eigenvalue weighted by Gasteiger charge is 2.56. The van der Waals surface area contributed by atoms with Crippen molar-refractivity contribution in [2.75, 3.05) is 17.3 Å². The van der Waals surface area contributed by atoms with Crippen molar-refractivity contribution in [1.82, 2.24) is 0 Å². The van der Waals surface area contributed by atoms with Gasteiger partial charge in [-0.1, -0.05) is 34.6 Å². The summed E-state index contributed by atoms with van der Waals surface area (Å²) in [6.45, 7) is 8.05. The standard InChI is InChI=1S/C11H21F3O4S2/c1-6-19(7-2,8-9(15)10(3,4)5)18-20(16,17)11(12,13)14/h6-8H2,1-5H3/p+1. The second-order valence-electron chi connectivity index (χ2n) is 5.39. The van der Waals surface area contributed by atoms with Gasteiger partial charge in [0.2, 0.25) is 0 Å². The SMILES string of the molecule is CCS(CC)(CC(=O)C(C)(C)C)[OH+]S(=O)(=O)C(F)(F)F. The van der Waals surface area contributed by atoms with Crippen molar-refractivity contribution in [2.45, 2.75) is 40.1 Å². The van der Waals surface area contributed by atoms with E-state index in [9.17, 15) is 26.4 Å². The number of hydrogen-bond acceptors (Lipinski definition) is 3. The molecule has 0 aromatic rings. The number of halogens is 3. The van der Waals surface area contributed by atoms with Gasteiger partial charge in [-0.05, 0) is 10.3 Å². The van der Waals surface area contributed by atoms with Crippen molar-refractivity contribution in [1.29, 1.82) is 0 Å². The van der Waals surface area contributed by atoms with Crippen LogP contribution in [0.25, 0.3) is 0 Å². The minimum atomic E-state index is -5.56. The molecule has 0 heterocycles. The topological polar surface area (TPSA) is 64.0 Å². The minimum Gasteiger partial charge on any atom is -0.298 e. The van der Waals surface area contributed by atoms with Crippen molar-refractivity contribution in [3.63, 3.8) is 0 Å². The molecule has 0 unspecified atom stereocenters. The predicted molar refractivity (Wildman–Crippen MR) is 75.6 cm³/mol. The molecule has 0 aromatic heterocycles. The van der Waals surface area contributed by atoms with Crippen LogP contribution in [-0.4, -0.2) is 40.6 Å². The molecule has 0 aliphatic rings. The highest BCUT2D eigenvalue weighted by Crippen LogP contribution is 2.50. The predicted octanol–water partition coefficient (Wildman–Crippen LogP) is 3.30. The minimum absolute atomic E-state index is 0.126. The van der Waals surface area contributed by atoms with Crippen LogP contribution in [0, 0.1) is 5.41 Å². The molecular weight excluding hydrogens is 317 g/mol. The summed E-state index contributed by atoms with van der Waals surface area (Å²) in [4.78, 5) is 12.0. The zero-order chi connectivity index (χ0) is 16.4. The van der Waals surface area contributed by atoms with Crippen LogP contribution in [0.2, 0.25) is 0 Å². The molecule has 0 aromatic carbocycles. The Balaban J connectivity index is 5.40. The fourth-order valence-corrected chi connectivity index (χ4v) is 6.05. The fraction of sp³-hybridized carbons (Fsp3) is 0.909. The highest BCUT2D eigenvalue weighted by molar-refractivity contribution is 8.32.